The molecule has 0 saturated carbocycles. The van der Waals surface area contributed by atoms with Crippen molar-refractivity contribution in [2.75, 3.05) is 6.61 Å². The summed E-state index contributed by atoms with van der Waals surface area (Å²) in [5.41, 5.74) is 0. The maximum atomic E-state index is 8.20. The summed E-state index contributed by atoms with van der Waals surface area (Å²) in [4.78, 5) is 0. The van der Waals surface area contributed by atoms with Crippen LogP contribution >= 0.6 is 0 Å². The zero-order valence-corrected chi connectivity index (χ0v) is 3.31. The van der Waals surface area contributed by atoms with Crippen LogP contribution in [-0.2, 0) is 0 Å². The Hall–Kier alpha value is -0.550. The third-order valence-electron chi connectivity index (χ3n) is 0.316. The molecule has 0 unspecified atom stereocenters. The zero-order valence-electron chi connectivity index (χ0n) is 5.31. The molecule has 0 radical (unpaired) electrons. The molecule has 0 rings (SSSR count). The lowest BCUT2D eigenvalue weighted by atomic mass is 10.4. The fourth-order valence-corrected chi connectivity index (χ4v) is 0.112. The van der Waals surface area contributed by atoms with Crippen LogP contribution in [0, 0.1) is 11.3 Å². The molecule has 0 aromatic heterocycles. The number of hydrogen-bond donors (Lipinski definition) is 1. The Morgan fingerprint density at radius 1 is 2.00 bits per heavy atom. The van der Waals surface area contributed by atoms with Crippen molar-refractivity contribution >= 4 is 0 Å². The van der Waals surface area contributed by atoms with E-state index in [4.69, 9.17) is 13.1 Å². The van der Waals surface area contributed by atoms with Crippen LogP contribution in [0.1, 0.15) is 15.5 Å². The predicted molar refractivity (Wildman–Crippen MR) is 21.9 cm³/mol. The normalized spacial score (nSPS) is 14.7. The lowest BCUT2D eigenvalue weighted by molar-refractivity contribution is 0.290. The van der Waals surface area contributed by atoms with Crippen LogP contribution in [0.3, 0.4) is 0 Å². The molecule has 0 heterocycles. The molecule has 2 nitrogen and oxygen atoms in total. The molecule has 0 aliphatic rings. The first kappa shape index (κ1) is 2.59. The Labute approximate surface area is 39.8 Å². The largest absolute Gasteiger partial charge is 0.396 e. The number of hydrogen-bond acceptors (Lipinski definition) is 2. The van der Waals surface area contributed by atoms with Crippen LogP contribution < -0.4 is 0 Å². The van der Waals surface area contributed by atoms with Gasteiger partial charge in [0.05, 0.1) is 6.07 Å². The minimum absolute atomic E-state index is 0.247. The van der Waals surface area contributed by atoms with E-state index in [9.17, 15) is 0 Å². The van der Waals surface area contributed by atoms with E-state index in [1.54, 1.807) is 6.07 Å². The average molecular weight is 87.1 g/mol. The van der Waals surface area contributed by atoms with E-state index < -0.39 is 13.0 Å². The molecular weight excluding hydrogens is 78.0 g/mol. The van der Waals surface area contributed by atoms with Crippen molar-refractivity contribution in [2.24, 2.45) is 0 Å². The van der Waals surface area contributed by atoms with Crippen LogP contribution in [0.15, 0.2) is 0 Å². The van der Waals surface area contributed by atoms with Crippen molar-refractivity contribution in [1.82, 2.24) is 0 Å². The van der Waals surface area contributed by atoms with E-state index in [1.807, 2.05) is 0 Å². The minimum Gasteiger partial charge on any atom is -0.396 e. The highest BCUT2D eigenvalue weighted by Crippen LogP contribution is 1.79. The summed E-state index contributed by atoms with van der Waals surface area (Å²) in [5, 5.41) is 16.1. The molecule has 0 aliphatic heterocycles. The van der Waals surface area contributed by atoms with Crippen LogP contribution in [0.2, 0.25) is 0 Å². The fourth-order valence-electron chi connectivity index (χ4n) is 0.112. The van der Waals surface area contributed by atoms with Gasteiger partial charge in [-0.15, -0.1) is 0 Å². The third-order valence-corrected chi connectivity index (χ3v) is 0.316. The molecule has 0 aromatic rings. The van der Waals surface area contributed by atoms with Crippen LogP contribution in [0.4, 0.5) is 0 Å². The van der Waals surface area contributed by atoms with Gasteiger partial charge in [0, 0.05) is 15.8 Å². The average Bonchev–Trinajstić information content (AvgIpc) is 1.67. The van der Waals surface area contributed by atoms with E-state index in [2.05, 4.69) is 0 Å². The molecule has 0 fully saturated rings. The Kier molecular flexibility index (Phi) is 1.92. The van der Waals surface area contributed by atoms with Gasteiger partial charge in [0.2, 0.25) is 0 Å². The minimum atomic E-state index is -1.71. The Bertz CT molecular complexity index is 107. The summed E-state index contributed by atoms with van der Waals surface area (Å²) in [6, 6.07) is 1.62. The molecule has 0 spiro atoms. The number of aliphatic hydroxyl groups is 1. The number of rotatable bonds is 2. The zero-order chi connectivity index (χ0) is 6.62. The summed E-state index contributed by atoms with van der Waals surface area (Å²) in [7, 11) is 0. The standard InChI is InChI=1S/C4H7NO/c5-3-1-2-4-6/h6H,1-2,4H2/i2D2. The highest BCUT2D eigenvalue weighted by atomic mass is 16.2. The summed E-state index contributed by atoms with van der Waals surface area (Å²) in [5.74, 6) is 0. The Morgan fingerprint density at radius 2 is 2.67 bits per heavy atom. The van der Waals surface area contributed by atoms with Crippen molar-refractivity contribution in [3.8, 4) is 6.07 Å². The molecule has 0 aliphatic carbocycles. The molecular formula is C4H7NO. The maximum absolute atomic E-state index is 8.20. The maximum Gasteiger partial charge on any atom is 0.0622 e. The van der Waals surface area contributed by atoms with E-state index in [0.29, 0.717) is 0 Å². The second-order valence-electron chi connectivity index (χ2n) is 0.743. The molecule has 0 bridgehead atoms. The van der Waals surface area contributed by atoms with Crippen LogP contribution in [0.25, 0.3) is 0 Å². The Morgan fingerprint density at radius 3 is 2.83 bits per heavy atom. The molecule has 0 atom stereocenters. The third kappa shape index (κ3) is 3.45. The molecule has 6 heavy (non-hydrogen) atoms. The highest BCUT2D eigenvalue weighted by molar-refractivity contribution is 4.66. The van der Waals surface area contributed by atoms with Gasteiger partial charge in [-0.2, -0.15) is 5.26 Å². The second-order valence-corrected chi connectivity index (χ2v) is 0.743. The van der Waals surface area contributed by atoms with Gasteiger partial charge < -0.3 is 5.11 Å². The van der Waals surface area contributed by atoms with Gasteiger partial charge in [0.1, 0.15) is 0 Å². The highest BCUT2D eigenvalue weighted by Gasteiger charge is 1.75. The van der Waals surface area contributed by atoms with Crippen molar-refractivity contribution in [3.05, 3.63) is 0 Å². The van der Waals surface area contributed by atoms with Gasteiger partial charge in [-0.3, -0.25) is 0 Å². The predicted octanol–water partition coefficient (Wildman–Crippen LogP) is 0.282. The number of aliphatic hydroxyl groups excluding tert-OH is 1. The monoisotopic (exact) mass is 87.1 g/mol. The second kappa shape index (κ2) is 4.45. The first-order valence-corrected chi connectivity index (χ1v) is 1.60. The van der Waals surface area contributed by atoms with Gasteiger partial charge in [0.15, 0.2) is 0 Å². The lowest BCUT2D eigenvalue weighted by Crippen LogP contribution is -1.77. The van der Waals surface area contributed by atoms with Gasteiger partial charge in [-0.05, 0) is 6.37 Å². The van der Waals surface area contributed by atoms with Gasteiger partial charge in [0.25, 0.3) is 0 Å². The van der Waals surface area contributed by atoms with Crippen molar-refractivity contribution in [3.63, 3.8) is 0 Å². The van der Waals surface area contributed by atoms with E-state index in [-0.39, 0.29) is 6.42 Å². The van der Waals surface area contributed by atoms with E-state index in [0.717, 1.165) is 0 Å². The van der Waals surface area contributed by atoms with Crippen LogP contribution in [-0.4, -0.2) is 11.7 Å². The fraction of sp³-hybridized carbons (Fsp3) is 0.750. The smallest absolute Gasteiger partial charge is 0.0622 e. The number of nitriles is 1. The van der Waals surface area contributed by atoms with Crippen molar-refractivity contribution in [1.29, 1.82) is 5.26 Å². The lowest BCUT2D eigenvalue weighted by Gasteiger charge is -1.77. The van der Waals surface area contributed by atoms with Gasteiger partial charge in [-0.25, -0.2) is 0 Å². The van der Waals surface area contributed by atoms with Crippen molar-refractivity contribution in [2.45, 2.75) is 12.8 Å². The first-order chi connectivity index (χ1) is 3.62. The van der Waals surface area contributed by atoms with Crippen molar-refractivity contribution < 1.29 is 7.85 Å². The summed E-state index contributed by atoms with van der Waals surface area (Å²) >= 11 is 0. The molecule has 1 N–H and O–H groups in total. The number of nitrogens with zero attached hydrogens (tertiary/aromatic N) is 1. The molecule has 2 heteroatoms. The first-order valence-electron chi connectivity index (χ1n) is 2.60. The quantitative estimate of drug-likeness (QED) is 0.525. The SMILES string of the molecule is [2H]C([2H])(CO)CC#N. The van der Waals surface area contributed by atoms with Crippen LogP contribution in [0.5, 0.6) is 0 Å². The summed E-state index contributed by atoms with van der Waals surface area (Å²) in [6.45, 7) is -0.583. The molecule has 0 amide bonds. The topological polar surface area (TPSA) is 44.0 Å². The summed E-state index contributed by atoms with van der Waals surface area (Å²) < 4.78 is 13.5. The Balaban J connectivity index is 3.58. The van der Waals surface area contributed by atoms with Gasteiger partial charge in [-0.1, -0.05) is 0 Å². The molecule has 34 valence electrons. The molecule has 0 aromatic carbocycles. The molecule has 0 saturated heterocycles. The van der Waals surface area contributed by atoms with Gasteiger partial charge >= 0.3 is 0 Å². The van der Waals surface area contributed by atoms with E-state index >= 15 is 0 Å². The summed E-state index contributed by atoms with van der Waals surface area (Å²) in [6.07, 6.45) is -1.96. The van der Waals surface area contributed by atoms with E-state index in [1.165, 1.54) is 0 Å².